The highest BCUT2D eigenvalue weighted by atomic mass is 31.2. The maximum Gasteiger partial charge on any atom is 0.472 e. The lowest BCUT2D eigenvalue weighted by molar-refractivity contribution is -0.161. The maximum atomic E-state index is 13.0. The molecule has 17 nitrogen and oxygen atoms in total. The van der Waals surface area contributed by atoms with Crippen molar-refractivity contribution < 1.29 is 80.2 Å². The molecule has 0 radical (unpaired) electrons. The third-order valence-corrected chi connectivity index (χ3v) is 19.2. The quantitative estimate of drug-likeness (QED) is 0.0222. The van der Waals surface area contributed by atoms with Crippen LogP contribution in [0.25, 0.3) is 0 Å². The second kappa shape index (κ2) is 65.0. The molecule has 0 aromatic rings. The number of rotatable bonds is 72. The van der Waals surface area contributed by atoms with Crippen LogP contribution in [0.1, 0.15) is 375 Å². The zero-order valence-corrected chi connectivity index (χ0v) is 61.6. The number of hydrogen-bond donors (Lipinski definition) is 3. The topological polar surface area (TPSA) is 237 Å². The summed E-state index contributed by atoms with van der Waals surface area (Å²) in [5, 5.41) is 10.6. The summed E-state index contributed by atoms with van der Waals surface area (Å²) in [6, 6.07) is 0. The van der Waals surface area contributed by atoms with Crippen LogP contribution in [-0.2, 0) is 65.4 Å². The average Bonchev–Trinajstić information content (AvgIpc) is 1.52. The molecule has 0 saturated carbocycles. The Bertz CT molecular complexity index is 1790. The van der Waals surface area contributed by atoms with Gasteiger partial charge in [-0.15, -0.1) is 0 Å². The van der Waals surface area contributed by atoms with Gasteiger partial charge in [0.05, 0.1) is 26.4 Å². The third-order valence-electron chi connectivity index (χ3n) is 17.3. The van der Waals surface area contributed by atoms with Crippen molar-refractivity contribution in [3.05, 3.63) is 0 Å². The van der Waals surface area contributed by atoms with Gasteiger partial charge in [0.25, 0.3) is 0 Å². The molecule has 0 aromatic carbocycles. The van der Waals surface area contributed by atoms with Crippen LogP contribution in [0.4, 0.5) is 0 Å². The molecule has 0 aliphatic heterocycles. The fourth-order valence-corrected chi connectivity index (χ4v) is 12.7. The van der Waals surface area contributed by atoms with Gasteiger partial charge >= 0.3 is 39.5 Å². The van der Waals surface area contributed by atoms with Crippen LogP contribution >= 0.6 is 15.6 Å². The molecule has 0 bridgehead atoms. The number of esters is 4. The highest BCUT2D eigenvalue weighted by Gasteiger charge is 2.30. The molecule has 6 atom stereocenters. The van der Waals surface area contributed by atoms with E-state index in [1.807, 2.05) is 0 Å². The summed E-state index contributed by atoms with van der Waals surface area (Å²) in [6.07, 6.45) is 51.1. The Kier molecular flexibility index (Phi) is 63.7. The number of phosphoric ester groups is 2. The Morgan fingerprint density at radius 2 is 0.554 bits per heavy atom. The van der Waals surface area contributed by atoms with E-state index in [9.17, 15) is 43.2 Å². The Labute approximate surface area is 562 Å². The molecule has 546 valence electrons. The Hall–Kier alpha value is -1.94. The zero-order chi connectivity index (χ0) is 67.9. The second-order valence-electron chi connectivity index (χ2n) is 27.1. The maximum absolute atomic E-state index is 13.0. The molecule has 0 aromatic heterocycles. The highest BCUT2D eigenvalue weighted by molar-refractivity contribution is 7.47. The Morgan fingerprint density at radius 3 is 0.826 bits per heavy atom. The van der Waals surface area contributed by atoms with Gasteiger partial charge in [-0.2, -0.15) is 0 Å². The lowest BCUT2D eigenvalue weighted by Crippen LogP contribution is -2.30. The SMILES string of the molecule is CCCCCCCCCCCCCCCC(=O)OC[C@H](COP(=O)(O)OC[C@@H](O)COP(=O)(O)OC[C@@H](COC(=O)CCCCCCCCCCCC(C)C)OC(=O)CCCCCCCCCCCCCCC)OC(=O)CCCCCCCCCCCCC(C)CC. The summed E-state index contributed by atoms with van der Waals surface area (Å²) in [5.41, 5.74) is 0. The standard InChI is InChI=1S/C73H142O17P2/c1-7-10-12-14-16-18-20-22-24-31-37-43-49-55-70(75)83-61-68(90-73(78)58-52-46-40-33-27-26-30-36-42-48-54-66(6)9-3)63-87-91(79,80)85-59-67(74)60-86-92(81,82)88-64-69(62-84-71(76)56-50-44-38-34-28-29-35-41-47-53-65(4)5)89-72(77)57-51-45-39-32-25-23-21-19-17-15-13-11-8-2/h65-69,74H,7-64H2,1-6H3,(H,79,80)(H,81,82)/t66?,67-,68-,69-/m1/s1. The van der Waals surface area contributed by atoms with Gasteiger partial charge in [0.2, 0.25) is 0 Å². The molecule has 3 unspecified atom stereocenters. The number of aliphatic hydroxyl groups is 1. The van der Waals surface area contributed by atoms with Crippen molar-refractivity contribution in [2.45, 2.75) is 394 Å². The molecule has 0 spiro atoms. The van der Waals surface area contributed by atoms with Gasteiger partial charge in [0, 0.05) is 25.7 Å². The van der Waals surface area contributed by atoms with Crippen LogP contribution in [0.5, 0.6) is 0 Å². The van der Waals surface area contributed by atoms with Crippen LogP contribution in [-0.4, -0.2) is 96.7 Å². The molecule has 0 heterocycles. The number of carbonyl (C=O) groups is 4. The van der Waals surface area contributed by atoms with E-state index < -0.39 is 97.5 Å². The first-order valence-electron chi connectivity index (χ1n) is 38.0. The van der Waals surface area contributed by atoms with E-state index in [4.69, 9.17) is 37.0 Å². The molecule has 0 rings (SSSR count). The predicted molar refractivity (Wildman–Crippen MR) is 372 cm³/mol. The molecule has 19 heteroatoms. The lowest BCUT2D eigenvalue weighted by Gasteiger charge is -2.21. The first kappa shape index (κ1) is 90.1. The van der Waals surface area contributed by atoms with E-state index in [0.717, 1.165) is 102 Å². The van der Waals surface area contributed by atoms with Crippen molar-refractivity contribution in [3.8, 4) is 0 Å². The summed E-state index contributed by atoms with van der Waals surface area (Å²) in [5.74, 6) is -0.570. The van der Waals surface area contributed by atoms with Crippen molar-refractivity contribution in [1.82, 2.24) is 0 Å². The van der Waals surface area contributed by atoms with Gasteiger partial charge in [0.15, 0.2) is 12.2 Å². The number of carbonyl (C=O) groups excluding carboxylic acids is 4. The molecular formula is C73H142O17P2. The summed E-state index contributed by atoms with van der Waals surface area (Å²) in [7, 11) is -9.91. The fraction of sp³-hybridized carbons (Fsp3) is 0.945. The number of unbranched alkanes of at least 4 members (excludes halogenated alkanes) is 41. The van der Waals surface area contributed by atoms with Gasteiger partial charge < -0.3 is 33.8 Å². The van der Waals surface area contributed by atoms with Crippen molar-refractivity contribution in [2.75, 3.05) is 39.6 Å². The largest absolute Gasteiger partial charge is 0.472 e. The minimum atomic E-state index is -4.95. The van der Waals surface area contributed by atoms with Crippen LogP contribution in [0, 0.1) is 11.8 Å². The lowest BCUT2D eigenvalue weighted by atomic mass is 9.99. The van der Waals surface area contributed by atoms with Gasteiger partial charge in [-0.3, -0.25) is 37.3 Å². The van der Waals surface area contributed by atoms with E-state index in [2.05, 4.69) is 41.5 Å². The fourth-order valence-electron chi connectivity index (χ4n) is 11.1. The first-order chi connectivity index (χ1) is 44.4. The van der Waals surface area contributed by atoms with Gasteiger partial charge in [-0.05, 0) is 37.5 Å². The highest BCUT2D eigenvalue weighted by Crippen LogP contribution is 2.45. The van der Waals surface area contributed by atoms with E-state index in [0.29, 0.717) is 25.7 Å². The number of hydrogen-bond acceptors (Lipinski definition) is 15. The van der Waals surface area contributed by atoms with E-state index >= 15 is 0 Å². The molecule has 0 aliphatic rings. The number of ether oxygens (including phenoxy) is 4. The second-order valence-corrected chi connectivity index (χ2v) is 30.0. The van der Waals surface area contributed by atoms with Crippen LogP contribution < -0.4 is 0 Å². The summed E-state index contributed by atoms with van der Waals surface area (Å²) >= 11 is 0. The van der Waals surface area contributed by atoms with Gasteiger partial charge in [0.1, 0.15) is 19.3 Å². The van der Waals surface area contributed by atoms with Crippen LogP contribution in [0.2, 0.25) is 0 Å². The molecule has 0 amide bonds. The molecule has 0 aliphatic carbocycles. The first-order valence-corrected chi connectivity index (χ1v) is 41.0. The minimum absolute atomic E-state index is 0.107. The average molecular weight is 1350 g/mol. The van der Waals surface area contributed by atoms with Crippen LogP contribution in [0.15, 0.2) is 0 Å². The summed E-state index contributed by atoms with van der Waals surface area (Å²) < 4.78 is 68.4. The van der Waals surface area contributed by atoms with Crippen molar-refractivity contribution in [3.63, 3.8) is 0 Å². The van der Waals surface area contributed by atoms with E-state index in [1.165, 1.54) is 193 Å². The van der Waals surface area contributed by atoms with Crippen molar-refractivity contribution in [2.24, 2.45) is 11.8 Å². The molecule has 0 fully saturated rings. The molecular weight excluding hydrogens is 1210 g/mol. The molecule has 3 N–H and O–H groups in total. The summed E-state index contributed by atoms with van der Waals surface area (Å²) in [4.78, 5) is 72.7. The third kappa shape index (κ3) is 65.4. The number of aliphatic hydroxyl groups excluding tert-OH is 1. The Balaban J connectivity index is 5.27. The van der Waals surface area contributed by atoms with Gasteiger partial charge in [-0.25, -0.2) is 9.13 Å². The number of phosphoric acid groups is 2. The van der Waals surface area contributed by atoms with E-state index in [1.54, 1.807) is 0 Å². The normalized spacial score (nSPS) is 14.4. The zero-order valence-electron chi connectivity index (χ0n) is 59.9. The van der Waals surface area contributed by atoms with Crippen molar-refractivity contribution >= 4 is 39.5 Å². The van der Waals surface area contributed by atoms with Crippen LogP contribution in [0.3, 0.4) is 0 Å². The predicted octanol–water partition coefficient (Wildman–Crippen LogP) is 21.2. The van der Waals surface area contributed by atoms with Crippen molar-refractivity contribution in [1.29, 1.82) is 0 Å². The van der Waals surface area contributed by atoms with Gasteiger partial charge in [-0.1, -0.05) is 324 Å². The van der Waals surface area contributed by atoms with E-state index in [-0.39, 0.29) is 25.7 Å². The monoisotopic (exact) mass is 1350 g/mol. The summed E-state index contributed by atoms with van der Waals surface area (Å²) in [6.45, 7) is 9.59. The molecule has 92 heavy (non-hydrogen) atoms. The molecule has 0 saturated heterocycles. The minimum Gasteiger partial charge on any atom is -0.462 e. The Morgan fingerprint density at radius 1 is 0.315 bits per heavy atom. The smallest absolute Gasteiger partial charge is 0.462 e.